The molecule has 2 aromatic rings. The van der Waals surface area contributed by atoms with Crippen LogP contribution in [-0.2, 0) is 6.54 Å². The summed E-state index contributed by atoms with van der Waals surface area (Å²) >= 11 is 0. The highest BCUT2D eigenvalue weighted by Gasteiger charge is 2.16. The largest absolute Gasteiger partial charge is 0.486 e. The maximum absolute atomic E-state index is 5.66. The lowest BCUT2D eigenvalue weighted by Gasteiger charge is -2.23. The van der Waals surface area contributed by atoms with Crippen LogP contribution in [0.2, 0.25) is 0 Å². The average molecular weight is 273 g/mol. The van der Waals surface area contributed by atoms with Gasteiger partial charge in [0.15, 0.2) is 11.5 Å². The molecule has 5 nitrogen and oxygen atoms in total. The topological polar surface area (TPSA) is 48.3 Å². The maximum atomic E-state index is 5.66. The van der Waals surface area contributed by atoms with Crippen LogP contribution in [-0.4, -0.2) is 29.3 Å². The van der Waals surface area contributed by atoms with Crippen LogP contribution >= 0.6 is 0 Å². The predicted molar refractivity (Wildman–Crippen MR) is 76.1 cm³/mol. The van der Waals surface area contributed by atoms with E-state index in [-0.39, 0.29) is 6.04 Å². The lowest BCUT2D eigenvalue weighted by molar-refractivity contribution is 0.171. The molecule has 0 saturated carbocycles. The standard InChI is InChI=1S/C15H19N3O2/c1-2-17-13(10-18-6-5-16-11-18)12-3-4-14-15(9-12)20-8-7-19-14/h3-6,9,11,13,17H,2,7-8,10H2,1H3. The molecule has 1 unspecified atom stereocenters. The van der Waals surface area contributed by atoms with Gasteiger partial charge in [-0.3, -0.25) is 0 Å². The SMILES string of the molecule is CCNC(Cn1ccnc1)c1ccc2c(c1)OCCO2. The smallest absolute Gasteiger partial charge is 0.161 e. The number of aromatic nitrogens is 2. The summed E-state index contributed by atoms with van der Waals surface area (Å²) in [6, 6.07) is 6.38. The summed E-state index contributed by atoms with van der Waals surface area (Å²) in [5, 5.41) is 3.50. The van der Waals surface area contributed by atoms with E-state index < -0.39 is 0 Å². The molecule has 0 aliphatic carbocycles. The van der Waals surface area contributed by atoms with E-state index in [9.17, 15) is 0 Å². The van der Waals surface area contributed by atoms with Crippen molar-refractivity contribution in [1.29, 1.82) is 0 Å². The second kappa shape index (κ2) is 5.96. The molecule has 0 saturated heterocycles. The van der Waals surface area contributed by atoms with Crippen LogP contribution in [0.1, 0.15) is 18.5 Å². The molecule has 1 atom stereocenters. The van der Waals surface area contributed by atoms with Crippen LogP contribution in [0.3, 0.4) is 0 Å². The highest BCUT2D eigenvalue weighted by molar-refractivity contribution is 5.44. The van der Waals surface area contributed by atoms with E-state index in [1.807, 2.05) is 18.6 Å². The lowest BCUT2D eigenvalue weighted by atomic mass is 10.1. The molecule has 1 aromatic carbocycles. The van der Waals surface area contributed by atoms with Crippen molar-refractivity contribution in [3.05, 3.63) is 42.5 Å². The van der Waals surface area contributed by atoms with Crippen LogP contribution in [0.25, 0.3) is 0 Å². The monoisotopic (exact) mass is 273 g/mol. The minimum atomic E-state index is 0.227. The van der Waals surface area contributed by atoms with Gasteiger partial charge in [0, 0.05) is 18.9 Å². The molecule has 1 aromatic heterocycles. The Morgan fingerprint density at radius 2 is 2.15 bits per heavy atom. The Labute approximate surface area is 118 Å². The van der Waals surface area contributed by atoms with Crippen LogP contribution in [0, 0.1) is 0 Å². The minimum absolute atomic E-state index is 0.227. The van der Waals surface area contributed by atoms with Crippen molar-refractivity contribution in [2.75, 3.05) is 19.8 Å². The van der Waals surface area contributed by atoms with Crippen molar-refractivity contribution in [2.45, 2.75) is 19.5 Å². The number of nitrogens with zero attached hydrogens (tertiary/aromatic N) is 2. The molecular weight excluding hydrogens is 254 g/mol. The van der Waals surface area contributed by atoms with Crippen LogP contribution in [0.5, 0.6) is 11.5 Å². The van der Waals surface area contributed by atoms with E-state index in [4.69, 9.17) is 9.47 Å². The van der Waals surface area contributed by atoms with Crippen LogP contribution < -0.4 is 14.8 Å². The molecule has 1 aliphatic heterocycles. The number of nitrogens with one attached hydrogen (secondary N) is 1. The van der Waals surface area contributed by atoms with Gasteiger partial charge >= 0.3 is 0 Å². The van der Waals surface area contributed by atoms with Gasteiger partial charge in [-0.15, -0.1) is 0 Å². The summed E-state index contributed by atoms with van der Waals surface area (Å²) < 4.78 is 13.3. The van der Waals surface area contributed by atoms with E-state index >= 15 is 0 Å². The molecule has 0 fully saturated rings. The van der Waals surface area contributed by atoms with Crippen molar-refractivity contribution in [3.63, 3.8) is 0 Å². The summed E-state index contributed by atoms with van der Waals surface area (Å²) in [4.78, 5) is 4.09. The highest BCUT2D eigenvalue weighted by atomic mass is 16.6. The number of hydrogen-bond donors (Lipinski definition) is 1. The summed E-state index contributed by atoms with van der Waals surface area (Å²) in [6.07, 6.45) is 5.61. The predicted octanol–water partition coefficient (Wildman–Crippen LogP) is 2.01. The number of imidazole rings is 1. The van der Waals surface area contributed by atoms with Crippen molar-refractivity contribution in [3.8, 4) is 11.5 Å². The maximum Gasteiger partial charge on any atom is 0.161 e. The van der Waals surface area contributed by atoms with Crippen LogP contribution in [0.15, 0.2) is 36.9 Å². The zero-order valence-electron chi connectivity index (χ0n) is 11.6. The van der Waals surface area contributed by atoms with Gasteiger partial charge in [-0.1, -0.05) is 13.0 Å². The van der Waals surface area contributed by atoms with Gasteiger partial charge in [-0.2, -0.15) is 0 Å². The molecule has 106 valence electrons. The fourth-order valence-electron chi connectivity index (χ4n) is 2.42. The van der Waals surface area contributed by atoms with Gasteiger partial charge in [-0.25, -0.2) is 4.98 Å². The Morgan fingerprint density at radius 3 is 2.90 bits per heavy atom. The Kier molecular flexibility index (Phi) is 3.87. The first-order chi connectivity index (χ1) is 9.86. The summed E-state index contributed by atoms with van der Waals surface area (Å²) in [6.45, 7) is 5.10. The summed E-state index contributed by atoms with van der Waals surface area (Å²) in [5.74, 6) is 1.67. The quantitative estimate of drug-likeness (QED) is 0.905. The summed E-state index contributed by atoms with van der Waals surface area (Å²) in [5.41, 5.74) is 1.20. The molecule has 5 heteroatoms. The van der Waals surface area contributed by atoms with E-state index in [2.05, 4.69) is 33.9 Å². The van der Waals surface area contributed by atoms with E-state index in [1.165, 1.54) is 5.56 Å². The Morgan fingerprint density at radius 1 is 1.30 bits per heavy atom. The van der Waals surface area contributed by atoms with Gasteiger partial charge in [0.05, 0.1) is 12.4 Å². The minimum Gasteiger partial charge on any atom is -0.486 e. The molecule has 0 radical (unpaired) electrons. The van der Waals surface area contributed by atoms with Crippen LogP contribution in [0.4, 0.5) is 0 Å². The molecule has 3 rings (SSSR count). The van der Waals surface area contributed by atoms with Crippen molar-refractivity contribution in [2.24, 2.45) is 0 Å². The third-order valence-electron chi connectivity index (χ3n) is 3.37. The molecule has 0 spiro atoms. The first kappa shape index (κ1) is 13.0. The van der Waals surface area contributed by atoms with Gasteiger partial charge in [0.1, 0.15) is 13.2 Å². The molecule has 1 aliphatic rings. The number of benzene rings is 1. The second-order valence-electron chi connectivity index (χ2n) is 4.77. The first-order valence-corrected chi connectivity index (χ1v) is 6.95. The Bertz CT molecular complexity index is 554. The third-order valence-corrected chi connectivity index (χ3v) is 3.37. The molecule has 0 bridgehead atoms. The van der Waals surface area contributed by atoms with Crippen molar-refractivity contribution in [1.82, 2.24) is 14.9 Å². The number of hydrogen-bond acceptors (Lipinski definition) is 4. The zero-order chi connectivity index (χ0) is 13.8. The Hall–Kier alpha value is -2.01. The number of rotatable bonds is 5. The zero-order valence-corrected chi connectivity index (χ0v) is 11.6. The number of fused-ring (bicyclic) bond motifs is 1. The Balaban J connectivity index is 1.83. The van der Waals surface area contributed by atoms with Gasteiger partial charge < -0.3 is 19.4 Å². The first-order valence-electron chi connectivity index (χ1n) is 6.95. The van der Waals surface area contributed by atoms with Gasteiger partial charge in [0.2, 0.25) is 0 Å². The normalized spacial score (nSPS) is 15.1. The average Bonchev–Trinajstić information content (AvgIpc) is 2.99. The fourth-order valence-corrected chi connectivity index (χ4v) is 2.42. The van der Waals surface area contributed by atoms with E-state index in [0.29, 0.717) is 13.2 Å². The van der Waals surface area contributed by atoms with Crippen molar-refractivity contribution < 1.29 is 9.47 Å². The highest BCUT2D eigenvalue weighted by Crippen LogP contribution is 2.32. The summed E-state index contributed by atoms with van der Waals surface area (Å²) in [7, 11) is 0. The molecule has 1 N–H and O–H groups in total. The molecular formula is C15H19N3O2. The number of likely N-dealkylation sites (N-methyl/N-ethyl adjacent to an activating group) is 1. The van der Waals surface area contributed by atoms with Crippen molar-refractivity contribution >= 4 is 0 Å². The third kappa shape index (κ3) is 2.77. The lowest BCUT2D eigenvalue weighted by Crippen LogP contribution is -2.25. The molecule has 2 heterocycles. The van der Waals surface area contributed by atoms with E-state index in [0.717, 1.165) is 24.6 Å². The van der Waals surface area contributed by atoms with Gasteiger partial charge in [0.25, 0.3) is 0 Å². The van der Waals surface area contributed by atoms with E-state index in [1.54, 1.807) is 6.20 Å². The molecule has 0 amide bonds. The fraction of sp³-hybridized carbons (Fsp3) is 0.400. The van der Waals surface area contributed by atoms with Gasteiger partial charge in [-0.05, 0) is 24.2 Å². The number of ether oxygens (including phenoxy) is 2. The second-order valence-corrected chi connectivity index (χ2v) is 4.77. The molecule has 20 heavy (non-hydrogen) atoms.